The summed E-state index contributed by atoms with van der Waals surface area (Å²) in [6.07, 6.45) is -5.17. The predicted molar refractivity (Wildman–Crippen MR) is 94.2 cm³/mol. The quantitative estimate of drug-likeness (QED) is 0.782. The lowest BCUT2D eigenvalue weighted by Crippen LogP contribution is -2.52. The Kier molecular flexibility index (Phi) is 7.95. The number of hydrogen-bond acceptors (Lipinski definition) is 5. The fourth-order valence-electron chi connectivity index (χ4n) is 1.51. The summed E-state index contributed by atoms with van der Waals surface area (Å²) in [5.74, 6) is -1.73. The van der Waals surface area contributed by atoms with Crippen molar-refractivity contribution >= 4 is 39.4 Å². The number of alkyl halides is 3. The molecular weight excluding hydrogens is 409 g/mol. The fourth-order valence-corrected chi connectivity index (χ4v) is 2.01. The van der Waals surface area contributed by atoms with Gasteiger partial charge in [-0.05, 0) is 25.1 Å². The molecule has 2 aromatic carbocycles. The zero-order chi connectivity index (χ0) is 20.7. The number of amides is 1. The maximum absolute atomic E-state index is 12.5. The Morgan fingerprint density at radius 3 is 1.96 bits per heavy atom. The van der Waals surface area contributed by atoms with Crippen LogP contribution < -0.4 is 5.32 Å². The summed E-state index contributed by atoms with van der Waals surface area (Å²) in [4.78, 5) is 11.4. The van der Waals surface area contributed by atoms with Crippen LogP contribution in [0.15, 0.2) is 59.0 Å². The molecular formula is C16H14ClF3N2O4S. The molecule has 0 aliphatic rings. The van der Waals surface area contributed by atoms with Gasteiger partial charge in [0.2, 0.25) is 5.60 Å². The van der Waals surface area contributed by atoms with E-state index >= 15 is 0 Å². The molecule has 27 heavy (non-hydrogen) atoms. The highest BCUT2D eigenvalue weighted by Crippen LogP contribution is 2.33. The van der Waals surface area contributed by atoms with Gasteiger partial charge < -0.3 is 10.4 Å². The molecule has 0 aliphatic heterocycles. The molecule has 2 N–H and O–H groups in total. The average molecular weight is 423 g/mol. The minimum atomic E-state index is -5.17. The van der Waals surface area contributed by atoms with Crippen LogP contribution in [0.4, 0.5) is 24.5 Å². The molecule has 0 aliphatic carbocycles. The standard InChI is InChI=1S/C10H8ClF3N2O4S.C6H6/c1-9(18,10(12,13)14)8(17)15-7-3-2-5(4-6(7)11)16-21(19)20;1-2-4-6-5-3-1/h2-4,18H,1H3,(H,15,17);1-6H. The van der Waals surface area contributed by atoms with Gasteiger partial charge in [-0.3, -0.25) is 4.79 Å². The van der Waals surface area contributed by atoms with Crippen LogP contribution in [0.3, 0.4) is 0 Å². The minimum Gasteiger partial charge on any atom is -0.373 e. The van der Waals surface area contributed by atoms with Crippen LogP contribution in [0.2, 0.25) is 5.02 Å². The first kappa shape index (κ1) is 22.6. The number of hydrogen-bond donors (Lipinski definition) is 2. The van der Waals surface area contributed by atoms with Gasteiger partial charge in [0, 0.05) is 0 Å². The van der Waals surface area contributed by atoms with Crippen molar-refractivity contribution in [2.75, 3.05) is 5.32 Å². The molecule has 2 rings (SSSR count). The first-order valence-electron chi connectivity index (χ1n) is 7.16. The molecule has 0 saturated heterocycles. The smallest absolute Gasteiger partial charge is 0.373 e. The van der Waals surface area contributed by atoms with Crippen LogP contribution in [-0.2, 0) is 15.3 Å². The summed E-state index contributed by atoms with van der Waals surface area (Å²) in [5.41, 5.74) is -3.91. The molecule has 0 saturated carbocycles. The topological polar surface area (TPSA) is 95.8 Å². The lowest BCUT2D eigenvalue weighted by atomic mass is 10.1. The summed E-state index contributed by atoms with van der Waals surface area (Å²) >= 11 is 5.68. The highest BCUT2D eigenvalue weighted by Gasteiger charge is 2.55. The highest BCUT2D eigenvalue weighted by molar-refractivity contribution is 7.61. The van der Waals surface area contributed by atoms with Crippen LogP contribution >= 0.6 is 11.6 Å². The van der Waals surface area contributed by atoms with E-state index in [1.165, 1.54) is 0 Å². The third kappa shape index (κ3) is 7.00. The molecule has 0 bridgehead atoms. The van der Waals surface area contributed by atoms with E-state index in [-0.39, 0.29) is 16.4 Å². The third-order valence-corrected chi connectivity index (χ3v) is 3.71. The molecule has 0 heterocycles. The normalized spacial score (nSPS) is 12.8. The van der Waals surface area contributed by atoms with E-state index in [1.54, 1.807) is 5.32 Å². The van der Waals surface area contributed by atoms with Crippen LogP contribution in [0.25, 0.3) is 0 Å². The maximum atomic E-state index is 12.5. The number of carbonyl (C=O) groups is 1. The highest BCUT2D eigenvalue weighted by atomic mass is 35.5. The van der Waals surface area contributed by atoms with Crippen molar-refractivity contribution in [2.24, 2.45) is 4.36 Å². The second-order valence-corrected chi connectivity index (χ2v) is 6.18. The number of benzene rings is 2. The van der Waals surface area contributed by atoms with E-state index in [2.05, 4.69) is 4.36 Å². The van der Waals surface area contributed by atoms with Crippen molar-refractivity contribution in [3.63, 3.8) is 0 Å². The van der Waals surface area contributed by atoms with E-state index in [9.17, 15) is 26.4 Å². The zero-order valence-electron chi connectivity index (χ0n) is 13.7. The van der Waals surface area contributed by atoms with Crippen molar-refractivity contribution in [3.8, 4) is 0 Å². The maximum Gasteiger partial charge on any atom is 0.426 e. The van der Waals surface area contributed by atoms with Crippen LogP contribution in [0, 0.1) is 0 Å². The number of nitrogens with zero attached hydrogens (tertiary/aromatic N) is 1. The second kappa shape index (κ2) is 9.49. The minimum absolute atomic E-state index is 0.0751. The van der Waals surface area contributed by atoms with E-state index < -0.39 is 28.2 Å². The number of halogens is 4. The summed E-state index contributed by atoms with van der Waals surface area (Å²) in [7, 11) is -2.73. The molecule has 1 unspecified atom stereocenters. The third-order valence-electron chi connectivity index (χ3n) is 3.04. The lowest BCUT2D eigenvalue weighted by molar-refractivity contribution is -0.242. The number of nitrogens with one attached hydrogen (secondary N) is 1. The van der Waals surface area contributed by atoms with Gasteiger partial charge in [0.15, 0.2) is 0 Å². The Morgan fingerprint density at radius 1 is 1.11 bits per heavy atom. The van der Waals surface area contributed by atoms with Gasteiger partial charge >= 0.3 is 16.7 Å². The van der Waals surface area contributed by atoms with Crippen molar-refractivity contribution < 1.29 is 31.5 Å². The molecule has 0 fully saturated rings. The molecule has 0 radical (unpaired) electrons. The number of anilines is 1. The Morgan fingerprint density at radius 2 is 1.59 bits per heavy atom. The van der Waals surface area contributed by atoms with Crippen LogP contribution in [0.5, 0.6) is 0 Å². The van der Waals surface area contributed by atoms with E-state index in [0.717, 1.165) is 18.2 Å². The van der Waals surface area contributed by atoms with Crippen LogP contribution in [0.1, 0.15) is 6.92 Å². The average Bonchev–Trinajstić information content (AvgIpc) is 2.57. The SMILES string of the molecule is CC(O)(C(=O)Nc1ccc(N=S(=O)=O)cc1Cl)C(F)(F)F.c1ccccc1. The zero-order valence-corrected chi connectivity index (χ0v) is 15.3. The van der Waals surface area contributed by atoms with E-state index in [4.69, 9.17) is 16.7 Å². The Hall–Kier alpha value is -2.43. The number of carbonyl (C=O) groups excluding carboxylic acids is 1. The van der Waals surface area contributed by atoms with Crippen molar-refractivity contribution in [2.45, 2.75) is 18.7 Å². The molecule has 11 heteroatoms. The monoisotopic (exact) mass is 422 g/mol. The van der Waals surface area contributed by atoms with E-state index in [1.807, 2.05) is 36.4 Å². The Balaban J connectivity index is 0.000000511. The molecule has 0 spiro atoms. The van der Waals surface area contributed by atoms with Gasteiger partial charge in [-0.1, -0.05) is 48.0 Å². The molecule has 1 atom stereocenters. The largest absolute Gasteiger partial charge is 0.426 e. The molecule has 1 amide bonds. The molecule has 6 nitrogen and oxygen atoms in total. The predicted octanol–water partition coefficient (Wildman–Crippen LogP) is 3.97. The number of rotatable bonds is 3. The van der Waals surface area contributed by atoms with Crippen LogP contribution in [-0.4, -0.2) is 31.2 Å². The van der Waals surface area contributed by atoms with Gasteiger partial charge in [-0.25, -0.2) is 0 Å². The van der Waals surface area contributed by atoms with Gasteiger partial charge in [0.05, 0.1) is 16.4 Å². The lowest BCUT2D eigenvalue weighted by Gasteiger charge is -2.25. The molecule has 0 aromatic heterocycles. The van der Waals surface area contributed by atoms with Gasteiger partial charge in [-0.2, -0.15) is 21.6 Å². The summed E-state index contributed by atoms with van der Waals surface area (Å²) in [5, 5.41) is 10.7. The van der Waals surface area contributed by atoms with Gasteiger partial charge in [-0.15, -0.1) is 4.36 Å². The first-order valence-corrected chi connectivity index (χ1v) is 8.57. The summed E-state index contributed by atoms with van der Waals surface area (Å²) < 4.78 is 61.2. The summed E-state index contributed by atoms with van der Waals surface area (Å²) in [6, 6.07) is 15.2. The number of aliphatic hydroxyl groups is 1. The summed E-state index contributed by atoms with van der Waals surface area (Å²) in [6.45, 7) is 0.292. The van der Waals surface area contributed by atoms with Gasteiger partial charge in [0.1, 0.15) is 0 Å². The second-order valence-electron chi connectivity index (χ2n) is 5.15. The molecule has 2 aromatic rings. The molecule has 146 valence electrons. The first-order chi connectivity index (χ1) is 12.4. The van der Waals surface area contributed by atoms with Crippen molar-refractivity contribution in [1.29, 1.82) is 0 Å². The Labute approximate surface area is 159 Å². The van der Waals surface area contributed by atoms with Gasteiger partial charge in [0.25, 0.3) is 5.91 Å². The fraction of sp³-hybridized carbons (Fsp3) is 0.188. The Bertz CT molecular complexity index is 882. The van der Waals surface area contributed by atoms with Crippen molar-refractivity contribution in [3.05, 3.63) is 59.6 Å². The van der Waals surface area contributed by atoms with Crippen molar-refractivity contribution in [1.82, 2.24) is 0 Å². The van der Waals surface area contributed by atoms with E-state index in [0.29, 0.717) is 6.92 Å².